The number of unbranched alkanes of at least 4 members (excludes halogenated alkanes) is 61. The van der Waals surface area contributed by atoms with Crippen LogP contribution in [0.25, 0.3) is 0 Å². The Balaban J connectivity index is 3.38. The summed E-state index contributed by atoms with van der Waals surface area (Å²) in [6, 6.07) is -0.627. The van der Waals surface area contributed by atoms with Crippen LogP contribution < -0.4 is 5.32 Å². The molecule has 0 aliphatic heterocycles. The van der Waals surface area contributed by atoms with Crippen molar-refractivity contribution in [3.8, 4) is 0 Å². The van der Waals surface area contributed by atoms with E-state index in [4.69, 9.17) is 4.74 Å². The molecule has 0 rings (SSSR count). The first kappa shape index (κ1) is 83.3. The van der Waals surface area contributed by atoms with Gasteiger partial charge in [0.05, 0.1) is 25.4 Å². The molecule has 0 bridgehead atoms. The molecule has 0 aromatic heterocycles. The number of allylic oxidation sites excluding steroid dienone is 3. The van der Waals surface area contributed by atoms with Crippen molar-refractivity contribution in [1.29, 1.82) is 0 Å². The number of hydrogen-bond acceptors (Lipinski definition) is 5. The topological polar surface area (TPSA) is 95.9 Å². The van der Waals surface area contributed by atoms with Crippen LogP contribution in [-0.4, -0.2) is 47.4 Å². The SMILES string of the molecule is CCCCCCCCCCCCCCCCCCCCCCCC/C=C/C(O)C(CO)NC(=O)CCCCCCCCCCCCCCCCCCC/C=C\CCCCCCCCCCCCCCOC(=O)CCCCCCCCCCCCC. The Labute approximate surface area is 532 Å². The second-order valence-electron chi connectivity index (χ2n) is 27.0. The monoisotopic (exact) mass is 1200 g/mol. The van der Waals surface area contributed by atoms with E-state index in [9.17, 15) is 19.8 Å². The average molecular weight is 1200 g/mol. The van der Waals surface area contributed by atoms with Gasteiger partial charge in [-0.3, -0.25) is 9.59 Å². The molecule has 0 aliphatic rings. The molecular weight excluding hydrogens is 1040 g/mol. The predicted molar refractivity (Wildman–Crippen MR) is 375 cm³/mol. The lowest BCUT2D eigenvalue weighted by Crippen LogP contribution is -2.45. The fourth-order valence-corrected chi connectivity index (χ4v) is 12.5. The van der Waals surface area contributed by atoms with E-state index in [1.165, 1.54) is 379 Å². The molecule has 0 saturated carbocycles. The lowest BCUT2D eigenvalue weighted by atomic mass is 10.0. The number of nitrogens with one attached hydrogen (secondary N) is 1. The molecule has 0 radical (unpaired) electrons. The highest BCUT2D eigenvalue weighted by molar-refractivity contribution is 5.76. The fourth-order valence-electron chi connectivity index (χ4n) is 12.5. The Kier molecular flexibility index (Phi) is 73.3. The molecule has 0 spiro atoms. The minimum Gasteiger partial charge on any atom is -0.466 e. The first-order valence-corrected chi connectivity index (χ1v) is 39.1. The third kappa shape index (κ3) is 71.3. The number of ether oxygens (including phenoxy) is 1. The van der Waals surface area contributed by atoms with Crippen molar-refractivity contribution in [3.05, 3.63) is 24.3 Å². The van der Waals surface area contributed by atoms with Gasteiger partial charge in [-0.1, -0.05) is 398 Å². The summed E-state index contributed by atoms with van der Waals surface area (Å²) in [5, 5.41) is 23.3. The van der Waals surface area contributed by atoms with E-state index in [1.54, 1.807) is 6.08 Å². The number of rotatable bonds is 74. The van der Waals surface area contributed by atoms with Crippen molar-refractivity contribution >= 4 is 11.9 Å². The van der Waals surface area contributed by atoms with Gasteiger partial charge < -0.3 is 20.3 Å². The van der Waals surface area contributed by atoms with Crippen LogP contribution in [0.5, 0.6) is 0 Å². The number of aliphatic hydroxyl groups excluding tert-OH is 2. The molecule has 3 N–H and O–H groups in total. The molecule has 504 valence electrons. The first-order chi connectivity index (χ1) is 42.0. The van der Waals surface area contributed by atoms with Crippen LogP contribution in [0.4, 0.5) is 0 Å². The van der Waals surface area contributed by atoms with Gasteiger partial charge >= 0.3 is 5.97 Å². The summed E-state index contributed by atoms with van der Waals surface area (Å²) < 4.78 is 5.48. The second kappa shape index (κ2) is 74.8. The molecule has 0 aromatic rings. The molecule has 0 aliphatic carbocycles. The lowest BCUT2D eigenvalue weighted by Gasteiger charge is -2.20. The van der Waals surface area contributed by atoms with Crippen LogP contribution in [0, 0.1) is 0 Å². The Morgan fingerprint density at radius 3 is 0.835 bits per heavy atom. The number of amides is 1. The van der Waals surface area contributed by atoms with Crippen molar-refractivity contribution in [2.45, 2.75) is 456 Å². The summed E-state index contributed by atoms with van der Waals surface area (Å²) in [6.45, 7) is 4.95. The zero-order valence-electron chi connectivity index (χ0n) is 57.9. The maximum atomic E-state index is 12.6. The maximum absolute atomic E-state index is 12.6. The lowest BCUT2D eigenvalue weighted by molar-refractivity contribution is -0.143. The van der Waals surface area contributed by atoms with Gasteiger partial charge in [0.2, 0.25) is 5.91 Å². The van der Waals surface area contributed by atoms with Crippen molar-refractivity contribution in [1.82, 2.24) is 5.32 Å². The van der Waals surface area contributed by atoms with Crippen molar-refractivity contribution in [2.24, 2.45) is 0 Å². The van der Waals surface area contributed by atoms with E-state index < -0.39 is 12.1 Å². The highest BCUT2D eigenvalue weighted by Gasteiger charge is 2.18. The van der Waals surface area contributed by atoms with E-state index in [1.807, 2.05) is 6.08 Å². The minimum atomic E-state index is -0.844. The molecule has 0 aromatic carbocycles. The van der Waals surface area contributed by atoms with Crippen LogP contribution in [0.1, 0.15) is 444 Å². The molecule has 85 heavy (non-hydrogen) atoms. The molecule has 1 amide bonds. The third-order valence-corrected chi connectivity index (χ3v) is 18.5. The van der Waals surface area contributed by atoms with Crippen LogP contribution in [0.2, 0.25) is 0 Å². The van der Waals surface area contributed by atoms with E-state index >= 15 is 0 Å². The molecule has 0 saturated heterocycles. The Bertz CT molecular complexity index is 1330. The number of aliphatic hydroxyl groups is 2. The largest absolute Gasteiger partial charge is 0.466 e. The zero-order valence-corrected chi connectivity index (χ0v) is 57.9. The maximum Gasteiger partial charge on any atom is 0.305 e. The van der Waals surface area contributed by atoms with Crippen LogP contribution in [0.3, 0.4) is 0 Å². The predicted octanol–water partition coefficient (Wildman–Crippen LogP) is 25.7. The summed E-state index contributed by atoms with van der Waals surface area (Å²) in [5.74, 6) is -0.0406. The Morgan fingerprint density at radius 1 is 0.318 bits per heavy atom. The normalized spacial score (nSPS) is 12.6. The van der Waals surface area contributed by atoms with E-state index in [2.05, 4.69) is 31.3 Å². The van der Waals surface area contributed by atoms with Crippen molar-refractivity contribution < 1.29 is 24.5 Å². The third-order valence-electron chi connectivity index (χ3n) is 18.5. The molecule has 6 nitrogen and oxygen atoms in total. The van der Waals surface area contributed by atoms with Crippen molar-refractivity contribution in [3.63, 3.8) is 0 Å². The van der Waals surface area contributed by atoms with Gasteiger partial charge in [0.15, 0.2) is 0 Å². The summed E-state index contributed by atoms with van der Waals surface area (Å²) in [4.78, 5) is 24.6. The molecule has 2 atom stereocenters. The molecule has 0 heterocycles. The fraction of sp³-hybridized carbons (Fsp3) is 0.924. The van der Waals surface area contributed by atoms with Gasteiger partial charge in [0.1, 0.15) is 0 Å². The summed E-state index contributed by atoms with van der Waals surface area (Å²) in [7, 11) is 0. The smallest absolute Gasteiger partial charge is 0.305 e. The van der Waals surface area contributed by atoms with Gasteiger partial charge in [-0.05, 0) is 57.8 Å². The van der Waals surface area contributed by atoms with E-state index in [0.717, 1.165) is 38.5 Å². The average Bonchev–Trinajstić information content (AvgIpc) is 3.55. The van der Waals surface area contributed by atoms with Crippen molar-refractivity contribution in [2.75, 3.05) is 13.2 Å². The number of carbonyl (C=O) groups is 2. The summed E-state index contributed by atoms with van der Waals surface area (Å²) >= 11 is 0. The Morgan fingerprint density at radius 2 is 0.553 bits per heavy atom. The highest BCUT2D eigenvalue weighted by atomic mass is 16.5. The van der Waals surface area contributed by atoms with Crippen LogP contribution in [-0.2, 0) is 14.3 Å². The molecule has 6 heteroatoms. The summed E-state index contributed by atoms with van der Waals surface area (Å²) in [6.07, 6.45) is 95.9. The van der Waals surface area contributed by atoms with Gasteiger partial charge in [-0.15, -0.1) is 0 Å². The second-order valence-corrected chi connectivity index (χ2v) is 27.0. The van der Waals surface area contributed by atoms with Crippen LogP contribution in [0.15, 0.2) is 24.3 Å². The number of hydrogen-bond donors (Lipinski definition) is 3. The first-order valence-electron chi connectivity index (χ1n) is 39.1. The summed E-state index contributed by atoms with van der Waals surface area (Å²) in [5.41, 5.74) is 0. The van der Waals surface area contributed by atoms with Gasteiger partial charge in [-0.25, -0.2) is 0 Å². The van der Waals surface area contributed by atoms with Gasteiger partial charge in [0.25, 0.3) is 0 Å². The zero-order chi connectivity index (χ0) is 61.3. The van der Waals surface area contributed by atoms with Gasteiger partial charge in [-0.2, -0.15) is 0 Å². The number of esters is 1. The minimum absolute atomic E-state index is 0.0190. The molecule has 0 fully saturated rings. The highest BCUT2D eigenvalue weighted by Crippen LogP contribution is 2.20. The van der Waals surface area contributed by atoms with Gasteiger partial charge in [0, 0.05) is 12.8 Å². The molecule has 2 unspecified atom stereocenters. The Hall–Kier alpha value is -1.66. The quantitative estimate of drug-likeness (QED) is 0.0320. The van der Waals surface area contributed by atoms with E-state index in [0.29, 0.717) is 19.4 Å². The standard InChI is InChI=1S/C79H153NO5/c1-3-5-7-9-11-13-15-16-17-18-19-20-21-33-36-39-42-45-48-52-55-59-63-67-71-77(82)76(75-81)80-78(83)72-68-64-60-56-53-49-46-43-40-37-34-31-29-27-25-23-22-24-26-28-30-32-35-38-41-44-47-50-54-58-62-66-70-74-85-79(84)73-69-65-61-57-51-14-12-10-8-6-4-2/h26,28,67,71,76-77,81-82H,3-25,27,29-66,68-70,72-75H2,1-2H3,(H,80,83)/b28-26-,71-67+. The van der Waals surface area contributed by atoms with E-state index in [-0.39, 0.29) is 18.5 Å². The molecular formula is C79H153NO5. The van der Waals surface area contributed by atoms with Crippen LogP contribution >= 0.6 is 0 Å². The number of carbonyl (C=O) groups excluding carboxylic acids is 2.